The van der Waals surface area contributed by atoms with Gasteiger partial charge in [0.15, 0.2) is 0 Å². The van der Waals surface area contributed by atoms with E-state index in [1.165, 1.54) is 6.20 Å². The molecule has 36 heavy (non-hydrogen) atoms. The Balaban J connectivity index is 1.64. The maximum Gasteiger partial charge on any atom is 0.109 e. The molecule has 5 rings (SSSR count). The quantitative estimate of drug-likeness (QED) is 0.358. The largest absolute Gasteiger partial charge is 0.383 e. The van der Waals surface area contributed by atoms with Crippen molar-refractivity contribution in [3.63, 3.8) is 0 Å². The molecular weight excluding hydrogens is 448 g/mol. The van der Waals surface area contributed by atoms with Gasteiger partial charge in [0.05, 0.1) is 42.0 Å². The van der Waals surface area contributed by atoms with Crippen LogP contribution in [0, 0.1) is 28.1 Å². The Bertz CT molecular complexity index is 1540. The van der Waals surface area contributed by atoms with Crippen LogP contribution in [0.15, 0.2) is 54.9 Å². The molecule has 2 heterocycles. The summed E-state index contributed by atoms with van der Waals surface area (Å²) in [7, 11) is 0. The third kappa shape index (κ3) is 4.85. The fourth-order valence-electron chi connectivity index (χ4n) is 4.03. The Morgan fingerprint density at radius 3 is 2.56 bits per heavy atom. The maximum absolute atomic E-state index is 9.96. The predicted octanol–water partition coefficient (Wildman–Crippen LogP) is 5.56. The molecule has 1 aliphatic carbocycles. The first-order valence-corrected chi connectivity index (χ1v) is 12.0. The lowest BCUT2D eigenvalue weighted by Crippen LogP contribution is -2.20. The van der Waals surface area contributed by atoms with Gasteiger partial charge >= 0.3 is 0 Å². The van der Waals surface area contributed by atoms with Crippen LogP contribution in [0.2, 0.25) is 0 Å². The van der Waals surface area contributed by atoms with Crippen LogP contribution >= 0.6 is 0 Å². The van der Waals surface area contributed by atoms with Gasteiger partial charge in [-0.25, -0.2) is 4.68 Å². The molecule has 2 N–H and O–H groups in total. The number of rotatable bonds is 7. The van der Waals surface area contributed by atoms with Gasteiger partial charge < -0.3 is 10.6 Å². The highest BCUT2D eigenvalue weighted by molar-refractivity contribution is 5.99. The lowest BCUT2D eigenvalue weighted by atomic mass is 9.96. The Morgan fingerprint density at radius 2 is 1.89 bits per heavy atom. The van der Waals surface area contributed by atoms with Gasteiger partial charge in [0.2, 0.25) is 0 Å². The molecule has 8 heteroatoms. The molecule has 0 radical (unpaired) electrons. The van der Waals surface area contributed by atoms with E-state index in [0.29, 0.717) is 57.2 Å². The smallest absolute Gasteiger partial charge is 0.109 e. The Morgan fingerprint density at radius 1 is 1.14 bits per heavy atom. The van der Waals surface area contributed by atoms with Crippen LogP contribution in [0.3, 0.4) is 0 Å². The van der Waals surface area contributed by atoms with E-state index >= 15 is 0 Å². The van der Waals surface area contributed by atoms with Crippen LogP contribution in [0.4, 0.5) is 11.4 Å². The van der Waals surface area contributed by atoms with Gasteiger partial charge in [-0.2, -0.15) is 10.5 Å². The SMILES string of the molecule is [2H][C@](Nc1cc(C#N)c2ncc(C#N)c(NCC(C)(C)C)c2c1)(c1ccccc1)c1cn(C2CC2)nn1. The number of anilines is 2. The summed E-state index contributed by atoms with van der Waals surface area (Å²) in [4.78, 5) is 4.43. The van der Waals surface area contributed by atoms with Crippen molar-refractivity contribution in [1.82, 2.24) is 20.0 Å². The van der Waals surface area contributed by atoms with Crippen LogP contribution in [0.1, 0.15) is 69.4 Å². The molecule has 0 amide bonds. The van der Waals surface area contributed by atoms with Crippen molar-refractivity contribution in [3.05, 3.63) is 77.2 Å². The van der Waals surface area contributed by atoms with Crippen molar-refractivity contribution in [1.29, 1.82) is 10.5 Å². The fourth-order valence-corrected chi connectivity index (χ4v) is 4.03. The second kappa shape index (κ2) is 9.31. The number of hydrogen-bond acceptors (Lipinski definition) is 7. The Hall–Kier alpha value is -4.43. The highest BCUT2D eigenvalue weighted by Gasteiger charge is 2.27. The minimum Gasteiger partial charge on any atom is -0.383 e. The number of benzene rings is 2. The van der Waals surface area contributed by atoms with Crippen molar-refractivity contribution in [2.24, 2.45) is 5.41 Å². The molecule has 0 unspecified atom stereocenters. The van der Waals surface area contributed by atoms with Crippen LogP contribution in [0.5, 0.6) is 0 Å². The topological polar surface area (TPSA) is 115 Å². The molecule has 8 nitrogen and oxygen atoms in total. The van der Waals surface area contributed by atoms with Crippen molar-refractivity contribution < 1.29 is 1.37 Å². The zero-order chi connectivity index (χ0) is 26.2. The summed E-state index contributed by atoms with van der Waals surface area (Å²) in [6.45, 7) is 6.93. The Labute approximate surface area is 212 Å². The molecule has 180 valence electrons. The zero-order valence-corrected chi connectivity index (χ0v) is 20.6. The molecule has 1 atom stereocenters. The molecule has 1 saturated carbocycles. The second-order valence-corrected chi connectivity index (χ2v) is 10.3. The summed E-state index contributed by atoms with van der Waals surface area (Å²) in [5.41, 5.74) is 3.51. The van der Waals surface area contributed by atoms with E-state index in [1.807, 2.05) is 47.3 Å². The van der Waals surface area contributed by atoms with Gasteiger partial charge in [0, 0.05) is 23.8 Å². The van der Waals surface area contributed by atoms with Gasteiger partial charge in [-0.1, -0.05) is 56.3 Å². The first kappa shape index (κ1) is 22.1. The Kier molecular flexibility index (Phi) is 5.71. The number of fused-ring (bicyclic) bond motifs is 1. The molecule has 1 aliphatic rings. The summed E-state index contributed by atoms with van der Waals surface area (Å²) >= 11 is 0. The predicted molar refractivity (Wildman–Crippen MR) is 139 cm³/mol. The number of nitrogens with zero attached hydrogens (tertiary/aromatic N) is 6. The minimum absolute atomic E-state index is 0.0345. The zero-order valence-electron chi connectivity index (χ0n) is 21.6. The van der Waals surface area contributed by atoms with E-state index < -0.39 is 6.02 Å². The standard InChI is InChI=1S/C28H28N8/c1-28(2,3)17-32-26-20(14-30)15-31-25-19(13-29)11-21(12-23(25)26)33-27(18-7-5-4-6-8-18)24-16-36(35-34-24)22-9-10-22/h4-8,11-12,15-16,22,27,33H,9-10,17H2,1-3H3,(H,31,32)/t27-/m0/s1/i27D. The molecule has 0 saturated heterocycles. The van der Waals surface area contributed by atoms with Crippen molar-refractivity contribution in [2.75, 3.05) is 17.2 Å². The first-order valence-electron chi connectivity index (χ1n) is 12.5. The molecular formula is C28H28N8. The average Bonchev–Trinajstić information content (AvgIpc) is 3.62. The highest BCUT2D eigenvalue weighted by Crippen LogP contribution is 2.36. The average molecular weight is 478 g/mol. The molecule has 1 fully saturated rings. The fraction of sp³-hybridized carbons (Fsp3) is 0.321. The van der Waals surface area contributed by atoms with Crippen LogP contribution in [-0.4, -0.2) is 26.5 Å². The van der Waals surface area contributed by atoms with E-state index in [0.717, 1.165) is 12.8 Å². The lowest BCUT2D eigenvalue weighted by Gasteiger charge is -2.22. The van der Waals surface area contributed by atoms with Crippen LogP contribution in [-0.2, 0) is 0 Å². The van der Waals surface area contributed by atoms with Crippen molar-refractivity contribution in [3.8, 4) is 12.1 Å². The van der Waals surface area contributed by atoms with Gasteiger partial charge in [0.25, 0.3) is 0 Å². The monoisotopic (exact) mass is 477 g/mol. The summed E-state index contributed by atoms with van der Waals surface area (Å²) in [5, 5.41) is 35.8. The van der Waals surface area contributed by atoms with Gasteiger partial charge in [-0.15, -0.1) is 5.10 Å². The molecule has 2 aromatic heterocycles. The number of hydrogen-bond donors (Lipinski definition) is 2. The third-order valence-corrected chi connectivity index (χ3v) is 6.03. The third-order valence-electron chi connectivity index (χ3n) is 6.03. The summed E-state index contributed by atoms with van der Waals surface area (Å²) in [6, 6.07) is 16.2. The molecule has 0 bridgehead atoms. The van der Waals surface area contributed by atoms with Crippen molar-refractivity contribution in [2.45, 2.75) is 45.7 Å². The number of nitriles is 2. The molecule has 2 aromatic carbocycles. The molecule has 4 aromatic rings. The van der Waals surface area contributed by atoms with E-state index in [4.69, 9.17) is 0 Å². The van der Waals surface area contributed by atoms with E-state index in [2.05, 4.69) is 58.8 Å². The van der Waals surface area contributed by atoms with Crippen LogP contribution < -0.4 is 10.6 Å². The normalized spacial score (nSPS) is 15.4. The van der Waals surface area contributed by atoms with Gasteiger partial charge in [0.1, 0.15) is 17.8 Å². The number of nitrogens with one attached hydrogen (secondary N) is 2. The summed E-state index contributed by atoms with van der Waals surface area (Å²) < 4.78 is 11.4. The highest BCUT2D eigenvalue weighted by atomic mass is 15.4. The maximum atomic E-state index is 9.96. The van der Waals surface area contributed by atoms with E-state index in [1.54, 1.807) is 6.07 Å². The molecule has 0 spiro atoms. The van der Waals surface area contributed by atoms with Gasteiger partial charge in [-0.3, -0.25) is 4.98 Å². The van der Waals surface area contributed by atoms with E-state index in [9.17, 15) is 11.9 Å². The number of pyridine rings is 1. The first-order chi connectivity index (χ1) is 17.7. The van der Waals surface area contributed by atoms with Crippen LogP contribution in [0.25, 0.3) is 10.9 Å². The minimum atomic E-state index is -1.46. The van der Waals surface area contributed by atoms with E-state index in [-0.39, 0.29) is 5.41 Å². The van der Waals surface area contributed by atoms with Gasteiger partial charge in [-0.05, 0) is 36.0 Å². The summed E-state index contributed by atoms with van der Waals surface area (Å²) in [6.07, 6.45) is 5.43. The summed E-state index contributed by atoms with van der Waals surface area (Å²) in [5.74, 6) is 0. The lowest BCUT2D eigenvalue weighted by molar-refractivity contribution is 0.443. The number of aromatic nitrogens is 4. The second-order valence-electron chi connectivity index (χ2n) is 10.3. The van der Waals surface area contributed by atoms with Crippen molar-refractivity contribution >= 4 is 22.3 Å². The molecule has 0 aliphatic heterocycles.